The summed E-state index contributed by atoms with van der Waals surface area (Å²) in [4.78, 5) is 4.93. The van der Waals surface area contributed by atoms with Gasteiger partial charge in [-0.05, 0) is 89.2 Å². The lowest BCUT2D eigenvalue weighted by molar-refractivity contribution is 0.671. The molecular weight excluding hydrogens is 645 g/mol. The van der Waals surface area contributed by atoms with E-state index in [9.17, 15) is 0 Å². The summed E-state index contributed by atoms with van der Waals surface area (Å²) in [7, 11) is 0. The summed E-state index contributed by atoms with van der Waals surface area (Å²) < 4.78 is 9.47. The number of furan rings is 1. The number of fused-ring (bicyclic) bond motifs is 14. The lowest BCUT2D eigenvalue weighted by atomic mass is 9.33. The molecule has 53 heavy (non-hydrogen) atoms. The molecular formula is C48H28BN3O. The molecule has 8 aromatic carbocycles. The molecule has 0 unspecified atom stereocenters. The zero-order valence-electron chi connectivity index (χ0n) is 28.5. The average Bonchev–Trinajstić information content (AvgIpc) is 3.88. The molecule has 0 bridgehead atoms. The van der Waals surface area contributed by atoms with Crippen LogP contribution in [0.3, 0.4) is 0 Å². The fourth-order valence-electron chi connectivity index (χ4n) is 9.83. The third-order valence-electron chi connectivity index (χ3n) is 11.9. The van der Waals surface area contributed by atoms with E-state index in [1.165, 1.54) is 71.5 Å². The van der Waals surface area contributed by atoms with Crippen LogP contribution in [0, 0.1) is 0 Å². The van der Waals surface area contributed by atoms with Gasteiger partial charge in [-0.3, -0.25) is 0 Å². The van der Waals surface area contributed by atoms with E-state index in [0.29, 0.717) is 0 Å². The number of aromatic nitrogens is 1. The highest BCUT2D eigenvalue weighted by Crippen LogP contribution is 2.47. The maximum Gasteiger partial charge on any atom is 0.257 e. The molecule has 0 spiro atoms. The Labute approximate surface area is 304 Å². The van der Waals surface area contributed by atoms with Crippen molar-refractivity contribution in [1.82, 2.24) is 4.40 Å². The van der Waals surface area contributed by atoms with Gasteiger partial charge in [0.15, 0.2) is 0 Å². The number of anilines is 6. The van der Waals surface area contributed by atoms with E-state index in [1.54, 1.807) is 0 Å². The van der Waals surface area contributed by atoms with Crippen molar-refractivity contribution in [2.45, 2.75) is 0 Å². The molecule has 5 heterocycles. The lowest BCUT2D eigenvalue weighted by Gasteiger charge is -2.44. The Balaban J connectivity index is 1.23. The van der Waals surface area contributed by atoms with Crippen LogP contribution < -0.4 is 26.2 Å². The maximum atomic E-state index is 6.96. The van der Waals surface area contributed by atoms with Gasteiger partial charge < -0.3 is 18.6 Å². The molecule has 0 atom stereocenters. The fraction of sp³-hybridized carbons (Fsp3) is 0. The molecule has 0 amide bonds. The van der Waals surface area contributed by atoms with Gasteiger partial charge in [-0.1, -0.05) is 97.1 Å². The maximum absolute atomic E-state index is 6.96. The lowest BCUT2D eigenvalue weighted by Crippen LogP contribution is -2.61. The first kappa shape index (κ1) is 27.7. The quantitative estimate of drug-likeness (QED) is 0.171. The van der Waals surface area contributed by atoms with Gasteiger partial charge in [-0.2, -0.15) is 0 Å². The van der Waals surface area contributed by atoms with Crippen molar-refractivity contribution in [3.63, 3.8) is 0 Å². The Morgan fingerprint density at radius 2 is 1.00 bits per heavy atom. The first-order chi connectivity index (χ1) is 26.3. The second-order valence-corrected chi connectivity index (χ2v) is 14.4. The van der Waals surface area contributed by atoms with Crippen molar-refractivity contribution >= 4 is 117 Å². The molecule has 13 rings (SSSR count). The van der Waals surface area contributed by atoms with Gasteiger partial charge in [0, 0.05) is 66.4 Å². The smallest absolute Gasteiger partial charge is 0.257 e. The van der Waals surface area contributed by atoms with Crippen molar-refractivity contribution in [1.29, 1.82) is 0 Å². The number of rotatable bonds is 2. The molecule has 0 saturated carbocycles. The minimum Gasteiger partial charge on any atom is -0.457 e. The first-order valence-electron chi connectivity index (χ1n) is 18.3. The standard InChI is InChI=1S/C48H28BN3O/c1-3-13-29(14-4-1)50-39-22-12-23-40-45(39)49(46-41(50)26-25-35-32-18-8-10-24-44(32)53-48(35)46)37-28-42-36(27-43(37)51(40)30-15-5-2-6-16-30)34-20-11-19-33-31-17-7-9-21-38(31)52(42)47(33)34/h1-28H. The summed E-state index contributed by atoms with van der Waals surface area (Å²) in [5.41, 5.74) is 16.4. The predicted molar refractivity (Wildman–Crippen MR) is 222 cm³/mol. The predicted octanol–water partition coefficient (Wildman–Crippen LogP) is 10.8. The van der Waals surface area contributed by atoms with Gasteiger partial charge in [0.2, 0.25) is 0 Å². The van der Waals surface area contributed by atoms with Gasteiger partial charge in [0.1, 0.15) is 11.2 Å². The van der Waals surface area contributed by atoms with Crippen LogP contribution in [0.15, 0.2) is 174 Å². The Hall–Kier alpha value is -6.98. The summed E-state index contributed by atoms with van der Waals surface area (Å²) in [5, 5.41) is 7.41. The molecule has 244 valence electrons. The molecule has 0 radical (unpaired) electrons. The van der Waals surface area contributed by atoms with E-state index in [0.717, 1.165) is 39.0 Å². The van der Waals surface area contributed by atoms with E-state index in [2.05, 4.69) is 184 Å². The molecule has 2 aliphatic heterocycles. The van der Waals surface area contributed by atoms with E-state index in [4.69, 9.17) is 4.42 Å². The minimum atomic E-state index is -0.0817. The highest BCUT2D eigenvalue weighted by molar-refractivity contribution is 7.01. The van der Waals surface area contributed by atoms with Gasteiger partial charge in [0.25, 0.3) is 6.71 Å². The van der Waals surface area contributed by atoms with E-state index in [-0.39, 0.29) is 6.71 Å². The monoisotopic (exact) mass is 673 g/mol. The number of hydrogen-bond acceptors (Lipinski definition) is 3. The molecule has 0 fully saturated rings. The fourth-order valence-corrected chi connectivity index (χ4v) is 9.83. The van der Waals surface area contributed by atoms with Crippen molar-refractivity contribution in [3.8, 4) is 0 Å². The first-order valence-corrected chi connectivity index (χ1v) is 18.3. The second kappa shape index (κ2) is 9.87. The van der Waals surface area contributed by atoms with E-state index in [1.807, 2.05) is 0 Å². The third-order valence-corrected chi connectivity index (χ3v) is 11.9. The summed E-state index contributed by atoms with van der Waals surface area (Å²) in [6.07, 6.45) is 0. The molecule has 0 saturated heterocycles. The van der Waals surface area contributed by atoms with Crippen molar-refractivity contribution in [3.05, 3.63) is 170 Å². The molecule has 0 N–H and O–H groups in total. The number of benzene rings is 8. The van der Waals surface area contributed by atoms with Crippen LogP contribution in [0.2, 0.25) is 0 Å². The Bertz CT molecular complexity index is 3310. The van der Waals surface area contributed by atoms with Gasteiger partial charge in [-0.15, -0.1) is 0 Å². The molecule has 11 aromatic rings. The van der Waals surface area contributed by atoms with Crippen LogP contribution in [-0.2, 0) is 0 Å². The molecule has 5 heteroatoms. The Morgan fingerprint density at radius 1 is 0.396 bits per heavy atom. The number of hydrogen-bond donors (Lipinski definition) is 0. The normalized spacial score (nSPS) is 13.5. The van der Waals surface area contributed by atoms with Gasteiger partial charge in [-0.25, -0.2) is 0 Å². The van der Waals surface area contributed by atoms with Crippen LogP contribution in [0.5, 0.6) is 0 Å². The molecule has 4 nitrogen and oxygen atoms in total. The van der Waals surface area contributed by atoms with Crippen LogP contribution in [0.4, 0.5) is 34.1 Å². The summed E-state index contributed by atoms with van der Waals surface area (Å²) in [6, 6.07) is 62.1. The molecule has 2 aliphatic rings. The third kappa shape index (κ3) is 3.42. The SMILES string of the molecule is c1ccc(N2c3cc4c5cccc6c7ccccc7n(c4cc3B3c4c2cccc4N(c2ccccc2)c2ccc4c(oc7ccccc74)c23)c65)cc1. The zero-order chi connectivity index (χ0) is 34.4. The molecule has 0 aliphatic carbocycles. The molecule has 3 aromatic heterocycles. The van der Waals surface area contributed by atoms with Crippen LogP contribution in [-0.4, -0.2) is 11.1 Å². The van der Waals surface area contributed by atoms with Crippen LogP contribution in [0.25, 0.3) is 60.0 Å². The van der Waals surface area contributed by atoms with Crippen molar-refractivity contribution in [2.75, 3.05) is 9.80 Å². The number of nitrogens with zero attached hydrogens (tertiary/aromatic N) is 3. The zero-order valence-corrected chi connectivity index (χ0v) is 28.5. The largest absolute Gasteiger partial charge is 0.457 e. The second-order valence-electron chi connectivity index (χ2n) is 14.4. The van der Waals surface area contributed by atoms with Crippen molar-refractivity contribution in [2.24, 2.45) is 0 Å². The van der Waals surface area contributed by atoms with Crippen LogP contribution in [0.1, 0.15) is 0 Å². The topological polar surface area (TPSA) is 24.0 Å². The summed E-state index contributed by atoms with van der Waals surface area (Å²) in [6.45, 7) is -0.0817. The average molecular weight is 674 g/mol. The van der Waals surface area contributed by atoms with E-state index < -0.39 is 0 Å². The van der Waals surface area contributed by atoms with Crippen molar-refractivity contribution < 1.29 is 4.42 Å². The number of para-hydroxylation sites is 5. The van der Waals surface area contributed by atoms with Gasteiger partial charge in [0.05, 0.1) is 16.6 Å². The van der Waals surface area contributed by atoms with Crippen LogP contribution >= 0.6 is 0 Å². The Morgan fingerprint density at radius 3 is 1.77 bits per heavy atom. The van der Waals surface area contributed by atoms with Gasteiger partial charge >= 0.3 is 0 Å². The summed E-state index contributed by atoms with van der Waals surface area (Å²) in [5.74, 6) is 0. The van der Waals surface area contributed by atoms with E-state index >= 15 is 0 Å². The minimum absolute atomic E-state index is 0.0817. The Kier molecular flexibility index (Phi) is 5.16. The summed E-state index contributed by atoms with van der Waals surface area (Å²) >= 11 is 0. The highest BCUT2D eigenvalue weighted by atomic mass is 16.3. The highest BCUT2D eigenvalue weighted by Gasteiger charge is 2.45.